The molecule has 0 saturated carbocycles. The van der Waals surface area contributed by atoms with E-state index in [0.717, 1.165) is 5.69 Å². The first-order valence-corrected chi connectivity index (χ1v) is 11.2. The molecule has 2 aromatic carbocycles. The van der Waals surface area contributed by atoms with Crippen LogP contribution in [0.3, 0.4) is 0 Å². The number of benzene rings is 2. The Morgan fingerprint density at radius 3 is 2.50 bits per heavy atom. The predicted molar refractivity (Wildman–Crippen MR) is 102 cm³/mol. The summed E-state index contributed by atoms with van der Waals surface area (Å²) >= 11 is 0. The Morgan fingerprint density at radius 2 is 1.79 bits per heavy atom. The van der Waals surface area contributed by atoms with Gasteiger partial charge in [0.2, 0.25) is 0 Å². The first-order valence-electron chi connectivity index (χ1n) is 8.07. The van der Waals surface area contributed by atoms with Crippen LogP contribution in [0.4, 0.5) is 0 Å². The summed E-state index contributed by atoms with van der Waals surface area (Å²) in [7, 11) is -1.14. The zero-order chi connectivity index (χ0) is 16.4. The largest absolute Gasteiger partial charge is 0.304 e. The minimum atomic E-state index is -1.14. The monoisotopic (exact) mass is 512 g/mol. The SMILES string of the molecule is CC1(C)c2c([c-]ccc2[P+](C)(C)C)-c2nccc3cccc1c23.[Ir]. The molecule has 0 spiro atoms. The van der Waals surface area contributed by atoms with Crippen molar-refractivity contribution in [1.82, 2.24) is 4.98 Å². The minimum Gasteiger partial charge on any atom is -0.304 e. The Balaban J connectivity index is 0.00000169. The van der Waals surface area contributed by atoms with Gasteiger partial charge in [0.25, 0.3) is 0 Å². The van der Waals surface area contributed by atoms with Crippen molar-refractivity contribution in [2.24, 2.45) is 0 Å². The molecular weight excluding hydrogens is 489 g/mol. The van der Waals surface area contributed by atoms with Gasteiger partial charge in [-0.25, -0.2) is 0 Å². The van der Waals surface area contributed by atoms with Crippen molar-refractivity contribution in [3.8, 4) is 11.3 Å². The topological polar surface area (TPSA) is 12.9 Å². The Hall–Kier alpha value is -1.07. The first-order chi connectivity index (χ1) is 10.8. The molecule has 0 N–H and O–H groups in total. The number of fused-ring (bicyclic) bond motifs is 2. The van der Waals surface area contributed by atoms with Crippen LogP contribution in [0.1, 0.15) is 25.0 Å². The number of hydrogen-bond acceptors (Lipinski definition) is 1. The van der Waals surface area contributed by atoms with E-state index in [1.54, 1.807) is 0 Å². The number of nitrogens with zero attached hydrogens (tertiary/aromatic N) is 1. The van der Waals surface area contributed by atoms with E-state index in [9.17, 15) is 0 Å². The van der Waals surface area contributed by atoms with Crippen LogP contribution in [0.15, 0.2) is 42.6 Å². The summed E-state index contributed by atoms with van der Waals surface area (Å²) in [6.45, 7) is 11.9. The van der Waals surface area contributed by atoms with Crippen LogP contribution in [0.25, 0.3) is 22.0 Å². The van der Waals surface area contributed by atoms with Gasteiger partial charge in [-0.3, -0.25) is 0 Å². The van der Waals surface area contributed by atoms with Gasteiger partial charge in [0.05, 0.1) is 20.0 Å². The van der Waals surface area contributed by atoms with Crippen LogP contribution in [0.5, 0.6) is 0 Å². The first kappa shape index (κ1) is 17.7. The van der Waals surface area contributed by atoms with Crippen LogP contribution in [0, 0.1) is 6.07 Å². The third-order valence-corrected chi connectivity index (χ3v) is 6.84. The van der Waals surface area contributed by atoms with Crippen LogP contribution in [-0.4, -0.2) is 25.0 Å². The summed E-state index contributed by atoms with van der Waals surface area (Å²) in [5, 5.41) is 4.08. The summed E-state index contributed by atoms with van der Waals surface area (Å²) in [6.07, 6.45) is 1.93. The minimum absolute atomic E-state index is 0. The van der Waals surface area contributed by atoms with E-state index >= 15 is 0 Å². The summed E-state index contributed by atoms with van der Waals surface area (Å²) < 4.78 is 0. The molecule has 0 amide bonds. The molecule has 125 valence electrons. The molecule has 1 aliphatic carbocycles. The average Bonchev–Trinajstić information content (AvgIpc) is 2.51. The van der Waals surface area contributed by atoms with E-state index in [2.05, 4.69) is 76.3 Å². The molecule has 0 fully saturated rings. The molecule has 3 heteroatoms. The molecule has 24 heavy (non-hydrogen) atoms. The molecule has 1 heterocycles. The summed E-state index contributed by atoms with van der Waals surface area (Å²) in [6, 6.07) is 16.6. The van der Waals surface area contributed by atoms with E-state index in [4.69, 9.17) is 4.98 Å². The van der Waals surface area contributed by atoms with Crippen molar-refractivity contribution in [2.45, 2.75) is 19.3 Å². The zero-order valence-corrected chi connectivity index (χ0v) is 18.1. The van der Waals surface area contributed by atoms with Crippen molar-refractivity contribution in [3.05, 3.63) is 59.8 Å². The fraction of sp³-hybridized carbons (Fsp3) is 0.286. The van der Waals surface area contributed by atoms with Gasteiger partial charge in [0, 0.05) is 38.9 Å². The summed E-state index contributed by atoms with van der Waals surface area (Å²) in [5.41, 5.74) is 5.10. The fourth-order valence-corrected chi connectivity index (χ4v) is 5.52. The Kier molecular flexibility index (Phi) is 4.24. The summed E-state index contributed by atoms with van der Waals surface area (Å²) in [4.78, 5) is 4.75. The van der Waals surface area contributed by atoms with Gasteiger partial charge in [-0.05, 0) is 33.5 Å². The van der Waals surface area contributed by atoms with E-state index < -0.39 is 7.26 Å². The third kappa shape index (κ3) is 2.39. The molecule has 3 aromatic rings. The standard InChI is InChI=1S/C21H22NP.Ir/c1-21(2)16-10-6-8-14-12-13-22-20(18(14)16)15-9-7-11-17(19(15)21)23(3,4)5;/h6-8,10-13H,1-5H3;. The Labute approximate surface area is 158 Å². The normalized spacial score (nSPS) is 14.9. The molecule has 1 radical (unpaired) electrons. The maximum atomic E-state index is 4.75. The third-order valence-electron chi connectivity index (χ3n) is 5.02. The second-order valence-electron chi connectivity index (χ2n) is 7.81. The van der Waals surface area contributed by atoms with Gasteiger partial charge in [0.1, 0.15) is 0 Å². The summed E-state index contributed by atoms with van der Waals surface area (Å²) in [5.74, 6) is 0. The van der Waals surface area contributed by atoms with E-state index in [0.29, 0.717) is 0 Å². The van der Waals surface area contributed by atoms with Gasteiger partial charge >= 0.3 is 0 Å². The van der Waals surface area contributed by atoms with E-state index in [-0.39, 0.29) is 25.5 Å². The molecule has 0 unspecified atom stereocenters. The van der Waals surface area contributed by atoms with Crippen LogP contribution >= 0.6 is 7.26 Å². The molecular formula is C21H22IrNP. The van der Waals surface area contributed by atoms with Crippen LogP contribution < -0.4 is 5.30 Å². The van der Waals surface area contributed by atoms with Crippen molar-refractivity contribution >= 4 is 23.3 Å². The van der Waals surface area contributed by atoms with Gasteiger partial charge in [-0.2, -0.15) is 0 Å². The predicted octanol–water partition coefficient (Wildman–Crippen LogP) is 4.87. The number of rotatable bonds is 1. The molecule has 0 saturated heterocycles. The van der Waals surface area contributed by atoms with Crippen LogP contribution in [0.2, 0.25) is 0 Å². The second kappa shape index (κ2) is 5.73. The molecule has 0 aliphatic heterocycles. The van der Waals surface area contributed by atoms with E-state index in [1.165, 1.54) is 32.8 Å². The Morgan fingerprint density at radius 1 is 1.04 bits per heavy atom. The number of hydrogen-bond donors (Lipinski definition) is 0. The molecule has 1 aliphatic rings. The van der Waals surface area contributed by atoms with Crippen molar-refractivity contribution in [1.29, 1.82) is 0 Å². The van der Waals surface area contributed by atoms with Crippen molar-refractivity contribution in [3.63, 3.8) is 0 Å². The fourth-order valence-electron chi connectivity index (χ4n) is 3.94. The van der Waals surface area contributed by atoms with Gasteiger partial charge in [-0.15, -0.1) is 23.8 Å². The van der Waals surface area contributed by atoms with Crippen molar-refractivity contribution < 1.29 is 20.1 Å². The number of pyridine rings is 1. The molecule has 0 bridgehead atoms. The van der Waals surface area contributed by atoms with Crippen LogP contribution in [-0.2, 0) is 25.5 Å². The average molecular weight is 512 g/mol. The van der Waals surface area contributed by atoms with E-state index in [1.807, 2.05) is 6.20 Å². The quantitative estimate of drug-likeness (QED) is 0.336. The zero-order valence-electron chi connectivity index (χ0n) is 14.8. The van der Waals surface area contributed by atoms with Crippen molar-refractivity contribution in [2.75, 3.05) is 20.0 Å². The Bertz CT molecular complexity index is 933. The van der Waals surface area contributed by atoms with Gasteiger partial charge < -0.3 is 4.98 Å². The molecule has 1 nitrogen and oxygen atoms in total. The molecule has 4 rings (SSSR count). The maximum absolute atomic E-state index is 4.75. The van der Waals surface area contributed by atoms with Gasteiger partial charge in [-0.1, -0.05) is 37.6 Å². The maximum Gasteiger partial charge on any atom is 0.0515 e. The number of aromatic nitrogens is 1. The molecule has 1 aromatic heterocycles. The smallest absolute Gasteiger partial charge is 0.0515 e. The van der Waals surface area contributed by atoms with Gasteiger partial charge in [0.15, 0.2) is 0 Å². The second-order valence-corrected chi connectivity index (χ2v) is 12.3. The molecule has 0 atom stereocenters.